The predicted octanol–water partition coefficient (Wildman–Crippen LogP) is 1.35. The van der Waals surface area contributed by atoms with Crippen molar-refractivity contribution in [3.63, 3.8) is 0 Å². The minimum Gasteiger partial charge on any atom is -0.486 e. The summed E-state index contributed by atoms with van der Waals surface area (Å²) in [5.74, 6) is 3.46. The Kier molecular flexibility index (Phi) is 5.86. The second kappa shape index (κ2) is 7.89. The summed E-state index contributed by atoms with van der Waals surface area (Å²) in [6, 6.07) is 7.73. The molecule has 1 aliphatic heterocycles. The Bertz CT molecular complexity index is 454. The molecule has 0 spiro atoms. The first-order valence-electron chi connectivity index (χ1n) is 6.65. The number of thioether (sulfide) groups is 1. The Morgan fingerprint density at radius 2 is 2.15 bits per heavy atom. The van der Waals surface area contributed by atoms with E-state index in [4.69, 9.17) is 9.47 Å². The number of hydrogen-bond donors (Lipinski definition) is 2. The largest absolute Gasteiger partial charge is 0.486 e. The van der Waals surface area contributed by atoms with Gasteiger partial charge < -0.3 is 20.1 Å². The fraction of sp³-hybridized carbons (Fsp3) is 0.500. The topological polar surface area (TPSA) is 54.9 Å². The van der Waals surface area contributed by atoms with Crippen LogP contribution < -0.4 is 20.1 Å². The lowest BCUT2D eigenvalue weighted by atomic mass is 10.2. The summed E-state index contributed by atoms with van der Waals surface area (Å²) in [6.07, 6.45) is 2.08. The number of hydrogen-bond acceptors (Lipinski definition) is 4. The molecule has 20 heavy (non-hydrogen) atoms. The summed E-state index contributed by atoms with van der Waals surface area (Å²) in [4.78, 5) is 4.18. The van der Waals surface area contributed by atoms with Gasteiger partial charge in [0.1, 0.15) is 12.7 Å². The molecule has 110 valence electrons. The molecule has 1 heterocycles. The second-order valence-corrected chi connectivity index (χ2v) is 5.36. The van der Waals surface area contributed by atoms with Crippen LogP contribution in [0.25, 0.3) is 0 Å². The highest BCUT2D eigenvalue weighted by atomic mass is 32.2. The van der Waals surface area contributed by atoms with Gasteiger partial charge in [-0.1, -0.05) is 12.1 Å². The number of ether oxygens (including phenoxy) is 2. The second-order valence-electron chi connectivity index (χ2n) is 4.37. The Morgan fingerprint density at radius 1 is 1.35 bits per heavy atom. The standard InChI is InChI=1S/C14H21N3O2S/c1-15-14(16-7-8-20-2)17-9-11-10-18-12-5-3-4-6-13(12)19-11/h3-6,11H,7-10H2,1-2H3,(H2,15,16,17). The smallest absolute Gasteiger partial charge is 0.191 e. The molecule has 6 heteroatoms. The third-order valence-electron chi connectivity index (χ3n) is 2.89. The first-order chi connectivity index (χ1) is 9.83. The van der Waals surface area contributed by atoms with Crippen molar-refractivity contribution < 1.29 is 9.47 Å². The van der Waals surface area contributed by atoms with Gasteiger partial charge in [-0.25, -0.2) is 0 Å². The van der Waals surface area contributed by atoms with E-state index >= 15 is 0 Å². The van der Waals surface area contributed by atoms with Crippen molar-refractivity contribution in [2.45, 2.75) is 6.10 Å². The molecule has 0 saturated heterocycles. The number of rotatable bonds is 5. The average molecular weight is 295 g/mol. The number of fused-ring (bicyclic) bond motifs is 1. The maximum Gasteiger partial charge on any atom is 0.191 e. The quantitative estimate of drug-likeness (QED) is 0.488. The zero-order valence-corrected chi connectivity index (χ0v) is 12.7. The van der Waals surface area contributed by atoms with Gasteiger partial charge in [0.2, 0.25) is 0 Å². The van der Waals surface area contributed by atoms with Crippen LogP contribution in [-0.4, -0.2) is 50.8 Å². The Balaban J connectivity index is 1.77. The van der Waals surface area contributed by atoms with E-state index in [0.29, 0.717) is 13.2 Å². The van der Waals surface area contributed by atoms with Gasteiger partial charge in [0.25, 0.3) is 0 Å². The van der Waals surface area contributed by atoms with E-state index in [1.165, 1.54) is 0 Å². The van der Waals surface area contributed by atoms with Crippen LogP contribution in [0.5, 0.6) is 11.5 Å². The average Bonchev–Trinajstić information content (AvgIpc) is 2.50. The minimum absolute atomic E-state index is 0.0102. The van der Waals surface area contributed by atoms with Crippen molar-refractivity contribution >= 4 is 17.7 Å². The predicted molar refractivity (Wildman–Crippen MR) is 84.1 cm³/mol. The molecule has 5 nitrogen and oxygen atoms in total. The molecule has 1 aliphatic rings. The van der Waals surface area contributed by atoms with Crippen LogP contribution in [0.2, 0.25) is 0 Å². The molecule has 0 bridgehead atoms. The molecule has 1 aromatic carbocycles. The van der Waals surface area contributed by atoms with Crippen LogP contribution in [0.3, 0.4) is 0 Å². The van der Waals surface area contributed by atoms with Crippen LogP contribution >= 0.6 is 11.8 Å². The lowest BCUT2D eigenvalue weighted by Crippen LogP contribution is -2.45. The summed E-state index contributed by atoms with van der Waals surface area (Å²) in [6.45, 7) is 2.10. The molecule has 0 amide bonds. The maximum atomic E-state index is 5.88. The molecule has 2 rings (SSSR count). The Hall–Kier alpha value is -1.56. The zero-order valence-electron chi connectivity index (χ0n) is 11.9. The van der Waals surface area contributed by atoms with E-state index in [1.54, 1.807) is 18.8 Å². The molecule has 0 aliphatic carbocycles. The van der Waals surface area contributed by atoms with Gasteiger partial charge in [-0.3, -0.25) is 4.99 Å². The first-order valence-corrected chi connectivity index (χ1v) is 8.05. The summed E-state index contributed by atoms with van der Waals surface area (Å²) in [5, 5.41) is 6.50. The van der Waals surface area contributed by atoms with Crippen LogP contribution in [0, 0.1) is 0 Å². The minimum atomic E-state index is -0.0102. The Morgan fingerprint density at radius 3 is 2.90 bits per heavy atom. The highest BCUT2D eigenvalue weighted by Crippen LogP contribution is 2.30. The van der Waals surface area contributed by atoms with Crippen LogP contribution in [0.4, 0.5) is 0 Å². The monoisotopic (exact) mass is 295 g/mol. The SMILES string of the molecule is CN=C(NCCSC)NCC1COc2ccccc2O1. The van der Waals surface area contributed by atoms with Crippen molar-refractivity contribution in [3.05, 3.63) is 24.3 Å². The van der Waals surface area contributed by atoms with Crippen molar-refractivity contribution in [3.8, 4) is 11.5 Å². The molecule has 2 N–H and O–H groups in total. The normalized spacial score (nSPS) is 17.7. The third kappa shape index (κ3) is 4.23. The van der Waals surface area contributed by atoms with Crippen molar-refractivity contribution in [1.29, 1.82) is 0 Å². The number of benzene rings is 1. The maximum absolute atomic E-state index is 5.88. The fourth-order valence-corrected chi connectivity index (χ4v) is 2.17. The van der Waals surface area contributed by atoms with Crippen molar-refractivity contribution in [2.24, 2.45) is 4.99 Å². The van der Waals surface area contributed by atoms with Gasteiger partial charge in [0, 0.05) is 19.3 Å². The number of nitrogens with one attached hydrogen (secondary N) is 2. The molecule has 1 unspecified atom stereocenters. The van der Waals surface area contributed by atoms with Gasteiger partial charge in [-0.15, -0.1) is 0 Å². The van der Waals surface area contributed by atoms with Gasteiger partial charge >= 0.3 is 0 Å². The van der Waals surface area contributed by atoms with E-state index in [0.717, 1.165) is 29.8 Å². The highest BCUT2D eigenvalue weighted by Gasteiger charge is 2.20. The molecule has 0 aromatic heterocycles. The molecule has 1 aromatic rings. The lowest BCUT2D eigenvalue weighted by molar-refractivity contribution is 0.0936. The van der Waals surface area contributed by atoms with Crippen LogP contribution in [0.1, 0.15) is 0 Å². The van der Waals surface area contributed by atoms with E-state index in [2.05, 4.69) is 21.9 Å². The number of para-hydroxylation sites is 2. The summed E-state index contributed by atoms with van der Waals surface area (Å²) in [7, 11) is 1.77. The number of nitrogens with zero attached hydrogens (tertiary/aromatic N) is 1. The fourth-order valence-electron chi connectivity index (χ4n) is 1.87. The van der Waals surface area contributed by atoms with Gasteiger partial charge in [-0.2, -0.15) is 11.8 Å². The zero-order chi connectivity index (χ0) is 14.2. The molecule has 1 atom stereocenters. The molecular weight excluding hydrogens is 274 g/mol. The number of aliphatic imine (C=N–C) groups is 1. The highest BCUT2D eigenvalue weighted by molar-refractivity contribution is 7.98. The summed E-state index contributed by atoms with van der Waals surface area (Å²) >= 11 is 1.80. The molecule has 0 fully saturated rings. The number of guanidine groups is 1. The van der Waals surface area contributed by atoms with E-state index < -0.39 is 0 Å². The van der Waals surface area contributed by atoms with Crippen LogP contribution in [-0.2, 0) is 0 Å². The summed E-state index contributed by atoms with van der Waals surface area (Å²) < 4.78 is 11.5. The van der Waals surface area contributed by atoms with Crippen LogP contribution in [0.15, 0.2) is 29.3 Å². The molecule has 0 radical (unpaired) electrons. The van der Waals surface area contributed by atoms with Gasteiger partial charge in [-0.05, 0) is 18.4 Å². The van der Waals surface area contributed by atoms with E-state index in [1.807, 2.05) is 24.3 Å². The molecular formula is C14H21N3O2S. The van der Waals surface area contributed by atoms with Crippen molar-refractivity contribution in [2.75, 3.05) is 38.8 Å². The third-order valence-corrected chi connectivity index (χ3v) is 3.50. The Labute approximate surface area is 124 Å². The summed E-state index contributed by atoms with van der Waals surface area (Å²) in [5.41, 5.74) is 0. The van der Waals surface area contributed by atoms with Crippen molar-refractivity contribution in [1.82, 2.24) is 10.6 Å². The first kappa shape index (κ1) is 14.8. The van der Waals surface area contributed by atoms with Gasteiger partial charge in [0.05, 0.1) is 6.54 Å². The molecule has 0 saturated carbocycles. The van der Waals surface area contributed by atoms with E-state index in [9.17, 15) is 0 Å². The van der Waals surface area contributed by atoms with E-state index in [-0.39, 0.29) is 6.10 Å². The van der Waals surface area contributed by atoms with Gasteiger partial charge in [0.15, 0.2) is 17.5 Å². The lowest BCUT2D eigenvalue weighted by Gasteiger charge is -2.27.